The number of amides is 1. The fraction of sp³-hybridized carbons (Fsp3) is 0.333. The summed E-state index contributed by atoms with van der Waals surface area (Å²) in [6.45, 7) is 7.57. The average Bonchev–Trinajstić information content (AvgIpc) is 2.69. The molecule has 2 rings (SSSR count). The Labute approximate surface area is 127 Å². The Morgan fingerprint density at radius 2 is 1.95 bits per heavy atom. The largest absolute Gasteiger partial charge is 0.291 e. The molecule has 1 heterocycles. The molecule has 0 aliphatic heterocycles. The number of benzene rings is 1. The molecule has 0 bridgehead atoms. The summed E-state index contributed by atoms with van der Waals surface area (Å²) in [5, 5.41) is 0.634. The van der Waals surface area contributed by atoms with E-state index in [1.54, 1.807) is 0 Å². The summed E-state index contributed by atoms with van der Waals surface area (Å²) < 4.78 is 1.87. The molecular formula is C15H17ClN2OS. The molecule has 0 saturated carbocycles. The Morgan fingerprint density at radius 3 is 2.55 bits per heavy atom. The zero-order valence-corrected chi connectivity index (χ0v) is 13.5. The fourth-order valence-electron chi connectivity index (χ4n) is 1.61. The van der Waals surface area contributed by atoms with Gasteiger partial charge in [-0.15, -0.1) is 11.3 Å². The molecule has 0 aliphatic carbocycles. The molecule has 1 aromatic carbocycles. The van der Waals surface area contributed by atoms with Gasteiger partial charge in [-0.25, -0.2) is 0 Å². The predicted octanol–water partition coefficient (Wildman–Crippen LogP) is 3.97. The van der Waals surface area contributed by atoms with Crippen molar-refractivity contribution in [2.24, 2.45) is 10.4 Å². The second-order valence-electron chi connectivity index (χ2n) is 5.61. The lowest BCUT2D eigenvalue weighted by Crippen LogP contribution is -2.23. The average molecular weight is 309 g/mol. The topological polar surface area (TPSA) is 34.4 Å². The van der Waals surface area contributed by atoms with Crippen LogP contribution in [0.5, 0.6) is 0 Å². The number of aryl methyl sites for hydroxylation is 1. The molecule has 5 heteroatoms. The van der Waals surface area contributed by atoms with Crippen molar-refractivity contribution in [2.75, 3.05) is 0 Å². The fourth-order valence-corrected chi connectivity index (χ4v) is 2.66. The number of nitrogens with zero attached hydrogens (tertiary/aromatic N) is 2. The van der Waals surface area contributed by atoms with E-state index < -0.39 is 5.41 Å². The second-order valence-corrected chi connectivity index (χ2v) is 7.23. The van der Waals surface area contributed by atoms with Gasteiger partial charge in [-0.05, 0) is 19.1 Å². The number of aromatic nitrogens is 1. The van der Waals surface area contributed by atoms with Gasteiger partial charge in [-0.2, -0.15) is 4.99 Å². The summed E-state index contributed by atoms with van der Waals surface area (Å²) in [6.07, 6.45) is 1.95. The highest BCUT2D eigenvalue weighted by Crippen LogP contribution is 2.20. The third-order valence-electron chi connectivity index (χ3n) is 2.72. The molecule has 20 heavy (non-hydrogen) atoms. The normalized spacial score (nSPS) is 12.8. The van der Waals surface area contributed by atoms with Crippen molar-refractivity contribution in [3.8, 4) is 5.69 Å². The molecule has 2 aromatic rings. The summed E-state index contributed by atoms with van der Waals surface area (Å²) in [5.74, 6) is -0.139. The number of rotatable bonds is 1. The third-order valence-corrected chi connectivity index (χ3v) is 3.94. The summed E-state index contributed by atoms with van der Waals surface area (Å²) in [5.41, 5.74) is 0.343. The summed E-state index contributed by atoms with van der Waals surface area (Å²) in [4.78, 5) is 18.1. The van der Waals surface area contributed by atoms with Gasteiger partial charge in [-0.1, -0.05) is 44.5 Å². The van der Waals surface area contributed by atoms with Crippen LogP contribution in [0.25, 0.3) is 5.69 Å². The van der Waals surface area contributed by atoms with Crippen molar-refractivity contribution >= 4 is 28.8 Å². The highest BCUT2D eigenvalue weighted by atomic mass is 35.5. The SMILES string of the molecule is Cc1cn(-c2ccccc2Cl)c(=NC(=O)C(C)(C)C)s1. The number of carbonyl (C=O) groups excluding carboxylic acids is 1. The Hall–Kier alpha value is -1.39. The Kier molecular flexibility index (Phi) is 4.16. The quantitative estimate of drug-likeness (QED) is 0.785. The van der Waals surface area contributed by atoms with Crippen LogP contribution in [-0.2, 0) is 4.79 Å². The molecule has 0 unspecified atom stereocenters. The number of thiazole rings is 1. The third kappa shape index (κ3) is 3.19. The predicted molar refractivity (Wildman–Crippen MR) is 83.4 cm³/mol. The molecule has 3 nitrogen and oxygen atoms in total. The zero-order chi connectivity index (χ0) is 14.9. The minimum atomic E-state index is -0.490. The molecule has 0 atom stereocenters. The van der Waals surface area contributed by atoms with Crippen LogP contribution >= 0.6 is 22.9 Å². The van der Waals surface area contributed by atoms with Crippen molar-refractivity contribution in [2.45, 2.75) is 27.7 Å². The lowest BCUT2D eigenvalue weighted by molar-refractivity contribution is -0.125. The highest BCUT2D eigenvalue weighted by Gasteiger charge is 2.21. The molecule has 0 spiro atoms. The van der Waals surface area contributed by atoms with Crippen LogP contribution in [-0.4, -0.2) is 10.5 Å². The van der Waals surface area contributed by atoms with Gasteiger partial charge in [0.15, 0.2) is 4.80 Å². The lowest BCUT2D eigenvalue weighted by atomic mass is 9.96. The first kappa shape index (κ1) is 15.0. The Balaban J connectivity index is 2.61. The smallest absolute Gasteiger partial charge is 0.253 e. The first-order valence-corrected chi connectivity index (χ1v) is 7.51. The maximum absolute atomic E-state index is 12.1. The van der Waals surface area contributed by atoms with Crippen LogP contribution in [0.4, 0.5) is 0 Å². The maximum atomic E-state index is 12.1. The number of halogens is 1. The van der Waals surface area contributed by atoms with Gasteiger partial charge in [0.1, 0.15) is 0 Å². The molecule has 0 N–H and O–H groups in total. The Bertz CT molecular complexity index is 707. The molecule has 0 fully saturated rings. The number of hydrogen-bond acceptors (Lipinski definition) is 2. The van der Waals surface area contributed by atoms with Crippen LogP contribution in [0.3, 0.4) is 0 Å². The van der Waals surface area contributed by atoms with Gasteiger partial charge in [-0.3, -0.25) is 9.36 Å². The maximum Gasteiger partial charge on any atom is 0.253 e. The minimum Gasteiger partial charge on any atom is -0.291 e. The van der Waals surface area contributed by atoms with Crippen LogP contribution in [0.2, 0.25) is 5.02 Å². The standard InChI is InChI=1S/C15H17ClN2OS/c1-10-9-18(12-8-6-5-7-11(12)16)14(20-10)17-13(19)15(2,3)4/h5-9H,1-4H3. The summed E-state index contributed by atoms with van der Waals surface area (Å²) in [6, 6.07) is 7.53. The van der Waals surface area contributed by atoms with Gasteiger partial charge in [0, 0.05) is 16.5 Å². The van der Waals surface area contributed by atoms with Crippen molar-refractivity contribution in [3.63, 3.8) is 0 Å². The van der Waals surface area contributed by atoms with E-state index in [0.717, 1.165) is 10.6 Å². The monoisotopic (exact) mass is 308 g/mol. The van der Waals surface area contributed by atoms with Gasteiger partial charge in [0.25, 0.3) is 5.91 Å². The number of para-hydroxylation sites is 1. The van der Waals surface area contributed by atoms with E-state index in [1.807, 2.05) is 62.7 Å². The molecule has 106 valence electrons. The van der Waals surface area contributed by atoms with Gasteiger partial charge >= 0.3 is 0 Å². The zero-order valence-electron chi connectivity index (χ0n) is 12.0. The van der Waals surface area contributed by atoms with E-state index in [1.165, 1.54) is 11.3 Å². The van der Waals surface area contributed by atoms with E-state index >= 15 is 0 Å². The van der Waals surface area contributed by atoms with Crippen molar-refractivity contribution in [1.82, 2.24) is 4.57 Å². The van der Waals surface area contributed by atoms with E-state index in [9.17, 15) is 4.79 Å². The first-order chi connectivity index (χ1) is 9.29. The van der Waals surface area contributed by atoms with Crippen molar-refractivity contribution in [1.29, 1.82) is 0 Å². The van der Waals surface area contributed by atoms with E-state index in [2.05, 4.69) is 4.99 Å². The summed E-state index contributed by atoms with van der Waals surface area (Å²) >= 11 is 7.70. The Morgan fingerprint density at radius 1 is 1.30 bits per heavy atom. The van der Waals surface area contributed by atoms with Gasteiger partial charge in [0.05, 0.1) is 10.7 Å². The molecule has 0 radical (unpaired) electrons. The molecular weight excluding hydrogens is 292 g/mol. The number of carbonyl (C=O) groups is 1. The van der Waals surface area contributed by atoms with Crippen LogP contribution in [0, 0.1) is 12.3 Å². The van der Waals surface area contributed by atoms with Crippen LogP contribution in [0.1, 0.15) is 25.6 Å². The van der Waals surface area contributed by atoms with Crippen LogP contribution in [0.15, 0.2) is 35.5 Å². The highest BCUT2D eigenvalue weighted by molar-refractivity contribution is 7.09. The van der Waals surface area contributed by atoms with Crippen molar-refractivity contribution < 1.29 is 4.79 Å². The number of hydrogen-bond donors (Lipinski definition) is 0. The van der Waals surface area contributed by atoms with Gasteiger partial charge < -0.3 is 0 Å². The van der Waals surface area contributed by atoms with Crippen LogP contribution < -0.4 is 4.80 Å². The first-order valence-electron chi connectivity index (χ1n) is 6.32. The van der Waals surface area contributed by atoms with E-state index in [4.69, 9.17) is 11.6 Å². The minimum absolute atomic E-state index is 0.139. The summed E-state index contributed by atoms with van der Waals surface area (Å²) in [7, 11) is 0. The molecule has 1 amide bonds. The second kappa shape index (κ2) is 5.54. The lowest BCUT2D eigenvalue weighted by Gasteiger charge is -2.12. The van der Waals surface area contributed by atoms with Gasteiger partial charge in [0.2, 0.25) is 0 Å². The van der Waals surface area contributed by atoms with E-state index in [-0.39, 0.29) is 5.91 Å². The van der Waals surface area contributed by atoms with E-state index in [0.29, 0.717) is 9.82 Å². The molecule has 1 aromatic heterocycles. The molecule has 0 saturated heterocycles. The van der Waals surface area contributed by atoms with Crippen molar-refractivity contribution in [3.05, 3.63) is 45.2 Å². The molecule has 0 aliphatic rings.